The van der Waals surface area contributed by atoms with Gasteiger partial charge in [-0.05, 0) is 5.75 Å². The first-order valence-electron chi connectivity index (χ1n) is 5.96. The quantitative estimate of drug-likeness (QED) is 0.286. The molecule has 0 aliphatic heterocycles. The number of carbonyl (C=O) groups is 1. The van der Waals surface area contributed by atoms with E-state index in [0.29, 0.717) is 12.4 Å². The summed E-state index contributed by atoms with van der Waals surface area (Å²) in [6, 6.07) is 0. The van der Waals surface area contributed by atoms with Gasteiger partial charge in [-0.3, -0.25) is 4.79 Å². The Bertz CT molecular complexity index is 207. The minimum Gasteiger partial charge on any atom is -0.455 e. The predicted octanol–water partition coefficient (Wildman–Crippen LogP) is 3.43. The molecule has 0 saturated heterocycles. The molecule has 0 bridgehead atoms. The molecule has 0 saturated carbocycles. The van der Waals surface area contributed by atoms with Crippen molar-refractivity contribution in [3.63, 3.8) is 0 Å². The summed E-state index contributed by atoms with van der Waals surface area (Å²) in [5.74, 6) is 4.28. The Balaban J connectivity index is 3.13. The monoisotopic (exact) mass is 362 g/mol. The van der Waals surface area contributed by atoms with Crippen LogP contribution in [0.3, 0.4) is 0 Å². The molecule has 19 heavy (non-hydrogen) atoms. The van der Waals surface area contributed by atoms with E-state index in [1.165, 1.54) is 17.5 Å². The standard InChI is InChI=1S/C11H22O3S5/c1-2-15-9-19-10-18-4-3-11(13)14-8-17-6-5-16-7-12/h12H,2-10H2,1H3. The Hall–Kier alpha value is 1.18. The average Bonchev–Trinajstić information content (AvgIpc) is 2.41. The summed E-state index contributed by atoms with van der Waals surface area (Å²) in [5, 5.41) is 10.7. The number of thioether (sulfide) groups is 5. The highest BCUT2D eigenvalue weighted by Crippen LogP contribution is 2.18. The number of hydrogen-bond acceptors (Lipinski definition) is 8. The maximum atomic E-state index is 11.4. The fraction of sp³-hybridized carbons (Fsp3) is 0.909. The number of aliphatic hydroxyl groups is 1. The van der Waals surface area contributed by atoms with E-state index in [-0.39, 0.29) is 11.9 Å². The maximum Gasteiger partial charge on any atom is 0.307 e. The molecule has 0 atom stereocenters. The number of aliphatic hydroxyl groups excluding tert-OH is 1. The molecule has 8 heteroatoms. The lowest BCUT2D eigenvalue weighted by Crippen LogP contribution is -2.05. The van der Waals surface area contributed by atoms with Crippen molar-refractivity contribution in [2.24, 2.45) is 0 Å². The molecule has 0 aliphatic rings. The highest BCUT2D eigenvalue weighted by atomic mass is 32.2. The van der Waals surface area contributed by atoms with Crippen LogP contribution < -0.4 is 0 Å². The molecule has 0 amide bonds. The van der Waals surface area contributed by atoms with Gasteiger partial charge in [-0.1, -0.05) is 6.92 Å². The number of hydrogen-bond donors (Lipinski definition) is 1. The van der Waals surface area contributed by atoms with Gasteiger partial charge in [-0.15, -0.1) is 35.3 Å². The van der Waals surface area contributed by atoms with Gasteiger partial charge in [-0.25, -0.2) is 0 Å². The van der Waals surface area contributed by atoms with Crippen LogP contribution in [0, 0.1) is 0 Å². The second-order valence-corrected chi connectivity index (χ2v) is 9.39. The Morgan fingerprint density at radius 2 is 1.74 bits per heavy atom. The van der Waals surface area contributed by atoms with E-state index in [1.54, 1.807) is 23.5 Å². The van der Waals surface area contributed by atoms with Crippen LogP contribution in [0.4, 0.5) is 0 Å². The molecular formula is C11H22O3S5. The molecule has 0 radical (unpaired) electrons. The van der Waals surface area contributed by atoms with Crippen molar-refractivity contribution in [3.8, 4) is 0 Å². The van der Waals surface area contributed by atoms with Crippen LogP contribution in [0.5, 0.6) is 0 Å². The largest absolute Gasteiger partial charge is 0.455 e. The van der Waals surface area contributed by atoms with Crippen LogP contribution in [0.2, 0.25) is 0 Å². The van der Waals surface area contributed by atoms with Gasteiger partial charge < -0.3 is 9.84 Å². The van der Waals surface area contributed by atoms with Crippen molar-refractivity contribution in [1.82, 2.24) is 0 Å². The number of rotatable bonds is 14. The normalized spacial score (nSPS) is 10.6. The first kappa shape index (κ1) is 20.2. The second kappa shape index (κ2) is 17.2. The van der Waals surface area contributed by atoms with Crippen LogP contribution in [0.25, 0.3) is 0 Å². The van der Waals surface area contributed by atoms with Crippen molar-refractivity contribution in [3.05, 3.63) is 0 Å². The molecular weight excluding hydrogens is 340 g/mol. The number of esters is 1. The molecule has 0 aromatic carbocycles. The molecule has 114 valence electrons. The zero-order chi connectivity index (χ0) is 14.2. The topological polar surface area (TPSA) is 46.5 Å². The van der Waals surface area contributed by atoms with Gasteiger partial charge in [0.05, 0.1) is 12.4 Å². The van der Waals surface area contributed by atoms with E-state index in [2.05, 4.69) is 6.92 Å². The lowest BCUT2D eigenvalue weighted by molar-refractivity contribution is -0.140. The average molecular weight is 363 g/mol. The zero-order valence-corrected chi connectivity index (χ0v) is 15.3. The van der Waals surface area contributed by atoms with Crippen molar-refractivity contribution < 1.29 is 14.6 Å². The van der Waals surface area contributed by atoms with Gasteiger partial charge >= 0.3 is 5.97 Å². The smallest absolute Gasteiger partial charge is 0.307 e. The van der Waals surface area contributed by atoms with Crippen molar-refractivity contribution in [1.29, 1.82) is 0 Å². The third kappa shape index (κ3) is 17.1. The SMILES string of the molecule is CCSCSCSCCC(=O)OCSCCSCO. The van der Waals surface area contributed by atoms with E-state index in [1.807, 2.05) is 23.5 Å². The highest BCUT2D eigenvalue weighted by Gasteiger charge is 2.02. The van der Waals surface area contributed by atoms with Crippen molar-refractivity contribution in [2.45, 2.75) is 13.3 Å². The maximum absolute atomic E-state index is 11.4. The molecule has 0 heterocycles. The predicted molar refractivity (Wildman–Crippen MR) is 95.5 cm³/mol. The van der Waals surface area contributed by atoms with Crippen molar-refractivity contribution in [2.75, 3.05) is 45.1 Å². The molecule has 0 unspecified atom stereocenters. The van der Waals surface area contributed by atoms with E-state index in [9.17, 15) is 4.79 Å². The Morgan fingerprint density at radius 1 is 1.00 bits per heavy atom. The summed E-state index contributed by atoms with van der Waals surface area (Å²) in [6.45, 7) is 2.16. The Morgan fingerprint density at radius 3 is 2.47 bits per heavy atom. The van der Waals surface area contributed by atoms with Gasteiger partial charge in [0.2, 0.25) is 0 Å². The minimum atomic E-state index is -0.109. The first-order chi connectivity index (χ1) is 9.31. The van der Waals surface area contributed by atoms with Crippen LogP contribution in [0.15, 0.2) is 0 Å². The Kier molecular flexibility index (Phi) is 18.3. The minimum absolute atomic E-state index is 0.109. The molecule has 0 spiro atoms. The van der Waals surface area contributed by atoms with Crippen LogP contribution in [-0.4, -0.2) is 56.1 Å². The summed E-state index contributed by atoms with van der Waals surface area (Å²) in [7, 11) is 0. The fourth-order valence-electron chi connectivity index (χ4n) is 0.871. The molecule has 1 N–H and O–H groups in total. The summed E-state index contributed by atoms with van der Waals surface area (Å²) in [4.78, 5) is 11.4. The van der Waals surface area contributed by atoms with Crippen LogP contribution >= 0.6 is 58.8 Å². The van der Waals surface area contributed by atoms with E-state index in [0.717, 1.165) is 27.4 Å². The molecule has 0 rings (SSSR count). The third-order valence-corrected chi connectivity index (χ3v) is 7.03. The summed E-state index contributed by atoms with van der Waals surface area (Å²) >= 11 is 8.69. The second-order valence-electron chi connectivity index (χ2n) is 3.17. The van der Waals surface area contributed by atoms with Gasteiger partial charge in [0.25, 0.3) is 0 Å². The van der Waals surface area contributed by atoms with Crippen LogP contribution in [-0.2, 0) is 9.53 Å². The number of ether oxygens (including phenoxy) is 1. The van der Waals surface area contributed by atoms with E-state index in [4.69, 9.17) is 9.84 Å². The summed E-state index contributed by atoms with van der Waals surface area (Å²) < 4.78 is 5.10. The fourth-order valence-corrected chi connectivity index (χ4v) is 5.55. The molecule has 0 aromatic heterocycles. The summed E-state index contributed by atoms with van der Waals surface area (Å²) in [5.41, 5.74) is 0. The van der Waals surface area contributed by atoms with E-state index < -0.39 is 0 Å². The first-order valence-corrected chi connectivity index (χ1v) is 11.7. The van der Waals surface area contributed by atoms with Gasteiger partial charge in [0, 0.05) is 27.4 Å². The van der Waals surface area contributed by atoms with Crippen LogP contribution in [0.1, 0.15) is 13.3 Å². The molecule has 0 aromatic rings. The van der Waals surface area contributed by atoms with E-state index >= 15 is 0 Å². The van der Waals surface area contributed by atoms with Gasteiger partial charge in [-0.2, -0.15) is 23.5 Å². The Labute approximate surface area is 137 Å². The number of carbonyl (C=O) groups excluding carboxylic acids is 1. The molecule has 3 nitrogen and oxygen atoms in total. The van der Waals surface area contributed by atoms with Gasteiger partial charge in [0.1, 0.15) is 5.94 Å². The molecule has 0 aliphatic carbocycles. The summed E-state index contributed by atoms with van der Waals surface area (Å²) in [6.07, 6.45) is 0.498. The lowest BCUT2D eigenvalue weighted by atomic mass is 10.5. The van der Waals surface area contributed by atoms with Crippen molar-refractivity contribution >= 4 is 64.8 Å². The molecule has 0 fully saturated rings. The zero-order valence-electron chi connectivity index (χ0n) is 11.2. The third-order valence-electron chi connectivity index (χ3n) is 1.75. The van der Waals surface area contributed by atoms with Gasteiger partial charge in [0.15, 0.2) is 0 Å². The lowest BCUT2D eigenvalue weighted by Gasteiger charge is -2.04. The highest BCUT2D eigenvalue weighted by molar-refractivity contribution is 8.22.